The average Bonchev–Trinajstić information content (AvgIpc) is 3.61. The molecular weight excluding hydrogens is 462 g/mol. The Morgan fingerprint density at radius 3 is 2.51 bits per heavy atom. The van der Waals surface area contributed by atoms with Crippen LogP contribution in [-0.2, 0) is 9.59 Å². The third kappa shape index (κ3) is 5.82. The Hall–Kier alpha value is -3.39. The van der Waals surface area contributed by atoms with Crippen molar-refractivity contribution in [1.82, 2.24) is 10.6 Å². The van der Waals surface area contributed by atoms with Crippen LogP contribution < -0.4 is 15.5 Å². The fourth-order valence-electron chi connectivity index (χ4n) is 4.46. The number of furan rings is 1. The van der Waals surface area contributed by atoms with Crippen LogP contribution in [0.2, 0.25) is 0 Å². The highest BCUT2D eigenvalue weighted by atomic mass is 32.1. The Morgan fingerprint density at radius 2 is 1.86 bits per heavy atom. The monoisotopic (exact) mass is 493 g/mol. The molecule has 3 aromatic rings. The maximum atomic E-state index is 13.7. The Labute approximate surface area is 209 Å². The van der Waals surface area contributed by atoms with Crippen LogP contribution in [0.25, 0.3) is 0 Å². The predicted molar refractivity (Wildman–Crippen MR) is 137 cm³/mol. The molecule has 8 heteroatoms. The molecule has 2 heterocycles. The van der Waals surface area contributed by atoms with Gasteiger partial charge in [0.1, 0.15) is 11.5 Å². The van der Waals surface area contributed by atoms with Gasteiger partial charge >= 0.3 is 0 Å². The van der Waals surface area contributed by atoms with Gasteiger partial charge in [0.25, 0.3) is 11.8 Å². The van der Waals surface area contributed by atoms with Crippen LogP contribution in [0.1, 0.15) is 64.0 Å². The quantitative estimate of drug-likeness (QED) is 0.470. The molecule has 4 rings (SSSR count). The summed E-state index contributed by atoms with van der Waals surface area (Å²) in [7, 11) is 0. The first-order valence-corrected chi connectivity index (χ1v) is 12.8. The zero-order valence-electron chi connectivity index (χ0n) is 20.3. The van der Waals surface area contributed by atoms with Gasteiger partial charge < -0.3 is 15.1 Å². The number of anilines is 1. The maximum absolute atomic E-state index is 13.7. The molecule has 1 fully saturated rings. The summed E-state index contributed by atoms with van der Waals surface area (Å²) in [6.45, 7) is 5.39. The molecule has 0 radical (unpaired) electrons. The van der Waals surface area contributed by atoms with Gasteiger partial charge in [0.05, 0.1) is 11.4 Å². The molecule has 0 bridgehead atoms. The van der Waals surface area contributed by atoms with Gasteiger partial charge in [0.2, 0.25) is 5.91 Å². The highest BCUT2D eigenvalue weighted by Crippen LogP contribution is 2.33. The van der Waals surface area contributed by atoms with E-state index >= 15 is 0 Å². The first-order valence-electron chi connectivity index (χ1n) is 11.9. The molecule has 1 saturated carbocycles. The minimum atomic E-state index is -1.00. The lowest BCUT2D eigenvalue weighted by molar-refractivity contribution is -0.127. The molecule has 35 heavy (non-hydrogen) atoms. The maximum Gasteiger partial charge on any atom is 0.261 e. The molecular formula is C27H31N3O4S. The van der Waals surface area contributed by atoms with Crippen molar-refractivity contribution < 1.29 is 18.8 Å². The van der Waals surface area contributed by atoms with E-state index in [1.54, 1.807) is 31.2 Å². The Kier molecular flexibility index (Phi) is 7.70. The first-order chi connectivity index (χ1) is 16.8. The minimum Gasteiger partial charge on any atom is -0.464 e. The number of amides is 3. The molecule has 2 N–H and O–H groups in total. The third-order valence-electron chi connectivity index (χ3n) is 6.28. The molecule has 0 aliphatic heterocycles. The number of thiophene rings is 1. The third-order valence-corrected chi connectivity index (χ3v) is 7.15. The number of hydrogen-bond acceptors (Lipinski definition) is 5. The SMILES string of the molecule is Cc1ccc(C)c(N(C(=O)CNC(=O)c2cccs2)[C@H](C(=O)NC2CCCC2)c2ccc(C)o2)c1. The zero-order chi connectivity index (χ0) is 24.9. The molecule has 1 atom stereocenters. The van der Waals surface area contributed by atoms with Gasteiger partial charge in [-0.2, -0.15) is 0 Å². The second-order valence-corrected chi connectivity index (χ2v) is 10.0. The summed E-state index contributed by atoms with van der Waals surface area (Å²) in [5.41, 5.74) is 2.41. The number of carbonyl (C=O) groups excluding carboxylic acids is 3. The van der Waals surface area contributed by atoms with Gasteiger partial charge in [-0.3, -0.25) is 19.3 Å². The Balaban J connectivity index is 1.70. The molecule has 184 valence electrons. The van der Waals surface area contributed by atoms with E-state index in [-0.39, 0.29) is 24.4 Å². The summed E-state index contributed by atoms with van der Waals surface area (Å²) < 4.78 is 5.90. The van der Waals surface area contributed by atoms with Crippen LogP contribution in [0.5, 0.6) is 0 Å². The summed E-state index contributed by atoms with van der Waals surface area (Å²) in [6, 6.07) is 11.9. The minimum absolute atomic E-state index is 0.0788. The van der Waals surface area contributed by atoms with Crippen molar-refractivity contribution in [2.45, 2.75) is 58.5 Å². The fraction of sp³-hybridized carbons (Fsp3) is 0.370. The van der Waals surface area contributed by atoms with Crippen molar-refractivity contribution in [2.75, 3.05) is 11.4 Å². The van der Waals surface area contributed by atoms with Gasteiger partial charge in [-0.15, -0.1) is 11.3 Å². The van der Waals surface area contributed by atoms with Gasteiger partial charge in [0, 0.05) is 11.7 Å². The fourth-order valence-corrected chi connectivity index (χ4v) is 5.10. The molecule has 2 aromatic heterocycles. The Morgan fingerprint density at radius 1 is 1.09 bits per heavy atom. The molecule has 7 nitrogen and oxygen atoms in total. The number of benzene rings is 1. The van der Waals surface area contributed by atoms with E-state index in [2.05, 4.69) is 10.6 Å². The van der Waals surface area contributed by atoms with Gasteiger partial charge in [0.15, 0.2) is 6.04 Å². The number of rotatable bonds is 8. The molecule has 1 aromatic carbocycles. The van der Waals surface area contributed by atoms with E-state index in [0.717, 1.165) is 36.8 Å². The number of carbonyl (C=O) groups is 3. The number of aryl methyl sites for hydroxylation is 3. The normalized spacial score (nSPS) is 14.5. The zero-order valence-corrected chi connectivity index (χ0v) is 21.1. The molecule has 1 aliphatic carbocycles. The summed E-state index contributed by atoms with van der Waals surface area (Å²) >= 11 is 1.30. The van der Waals surface area contributed by atoms with Crippen LogP contribution in [0.15, 0.2) is 52.3 Å². The van der Waals surface area contributed by atoms with E-state index in [1.807, 2.05) is 37.4 Å². The van der Waals surface area contributed by atoms with Crippen molar-refractivity contribution in [3.05, 3.63) is 75.4 Å². The number of nitrogens with one attached hydrogen (secondary N) is 2. The summed E-state index contributed by atoms with van der Waals surface area (Å²) in [5, 5.41) is 7.65. The lowest BCUT2D eigenvalue weighted by Crippen LogP contribution is -2.49. The van der Waals surface area contributed by atoms with Crippen LogP contribution in [0, 0.1) is 20.8 Å². The number of hydrogen-bond donors (Lipinski definition) is 2. The van der Waals surface area contributed by atoms with Crippen molar-refractivity contribution in [3.8, 4) is 0 Å². The second kappa shape index (κ2) is 10.9. The van der Waals surface area contributed by atoms with Gasteiger partial charge in [-0.05, 0) is 74.4 Å². The lowest BCUT2D eigenvalue weighted by Gasteiger charge is -2.32. The van der Waals surface area contributed by atoms with Crippen LogP contribution in [-0.4, -0.2) is 30.3 Å². The standard InChI is InChI=1S/C27H31N3O4S/c1-17-10-11-18(2)21(15-17)30(24(31)16-28-26(32)23-9-6-14-35-23)25(22-13-12-19(3)34-22)27(33)29-20-7-4-5-8-20/h6,9-15,20,25H,4-5,7-8,16H2,1-3H3,(H,28,32)(H,29,33)/t25-/m0/s1. The van der Waals surface area contributed by atoms with Crippen molar-refractivity contribution in [3.63, 3.8) is 0 Å². The van der Waals surface area contributed by atoms with E-state index in [1.165, 1.54) is 16.2 Å². The van der Waals surface area contributed by atoms with Crippen molar-refractivity contribution in [1.29, 1.82) is 0 Å². The smallest absolute Gasteiger partial charge is 0.261 e. The first kappa shape index (κ1) is 24.7. The van der Waals surface area contributed by atoms with E-state index in [9.17, 15) is 14.4 Å². The van der Waals surface area contributed by atoms with Crippen LogP contribution >= 0.6 is 11.3 Å². The van der Waals surface area contributed by atoms with E-state index in [0.29, 0.717) is 22.1 Å². The molecule has 1 aliphatic rings. The van der Waals surface area contributed by atoms with Gasteiger partial charge in [-0.25, -0.2) is 0 Å². The van der Waals surface area contributed by atoms with Gasteiger partial charge in [-0.1, -0.05) is 31.0 Å². The van der Waals surface area contributed by atoms with Crippen molar-refractivity contribution >= 4 is 34.7 Å². The lowest BCUT2D eigenvalue weighted by atomic mass is 10.0. The topological polar surface area (TPSA) is 91.7 Å². The molecule has 0 unspecified atom stereocenters. The highest BCUT2D eigenvalue weighted by molar-refractivity contribution is 7.12. The summed E-state index contributed by atoms with van der Waals surface area (Å²) in [4.78, 5) is 42.0. The average molecular weight is 494 g/mol. The summed E-state index contributed by atoms with van der Waals surface area (Å²) in [6.07, 6.45) is 3.99. The second-order valence-electron chi connectivity index (χ2n) is 9.05. The Bertz CT molecular complexity index is 1190. The number of nitrogens with zero attached hydrogens (tertiary/aromatic N) is 1. The largest absolute Gasteiger partial charge is 0.464 e. The van der Waals surface area contributed by atoms with Crippen molar-refractivity contribution in [2.24, 2.45) is 0 Å². The van der Waals surface area contributed by atoms with E-state index < -0.39 is 11.9 Å². The molecule has 0 saturated heterocycles. The molecule has 3 amide bonds. The molecule has 0 spiro atoms. The van der Waals surface area contributed by atoms with E-state index in [4.69, 9.17) is 4.42 Å². The summed E-state index contributed by atoms with van der Waals surface area (Å²) in [5.74, 6) is 0.0271. The van der Waals surface area contributed by atoms with Crippen LogP contribution in [0.4, 0.5) is 5.69 Å². The highest BCUT2D eigenvalue weighted by Gasteiger charge is 2.37. The van der Waals surface area contributed by atoms with Crippen LogP contribution in [0.3, 0.4) is 0 Å². The predicted octanol–water partition coefficient (Wildman–Crippen LogP) is 4.83.